The van der Waals surface area contributed by atoms with Crippen molar-refractivity contribution in [2.45, 2.75) is 71.6 Å². The Kier molecular flexibility index (Phi) is 6.17. The Labute approximate surface area is 124 Å². The van der Waals surface area contributed by atoms with Crippen molar-refractivity contribution in [2.24, 2.45) is 0 Å². The zero-order chi connectivity index (χ0) is 14.2. The second-order valence-corrected chi connectivity index (χ2v) is 5.93. The normalized spacial score (nSPS) is 13.5. The van der Waals surface area contributed by atoms with Crippen LogP contribution in [0.25, 0.3) is 5.57 Å². The second kappa shape index (κ2) is 8.14. The van der Waals surface area contributed by atoms with Gasteiger partial charge in [0.05, 0.1) is 5.69 Å². The summed E-state index contributed by atoms with van der Waals surface area (Å²) in [6, 6.07) is 8.50. The van der Waals surface area contributed by atoms with E-state index in [1.807, 2.05) is 0 Å². The molecule has 1 heterocycles. The maximum Gasteiger partial charge on any atom is 0.0708 e. The maximum absolute atomic E-state index is 4.77. The molecule has 0 spiro atoms. The molecule has 20 heavy (non-hydrogen) atoms. The third kappa shape index (κ3) is 4.13. The van der Waals surface area contributed by atoms with Crippen LogP contribution in [-0.2, 0) is 0 Å². The van der Waals surface area contributed by atoms with Crippen LogP contribution in [0.4, 0.5) is 5.69 Å². The molecule has 0 atom stereocenters. The van der Waals surface area contributed by atoms with Crippen LogP contribution in [0.2, 0.25) is 0 Å². The van der Waals surface area contributed by atoms with Gasteiger partial charge in [-0.25, -0.2) is 0 Å². The lowest BCUT2D eigenvalue weighted by atomic mass is 10.0. The Morgan fingerprint density at radius 2 is 1.50 bits per heavy atom. The number of hydrogen-bond donors (Lipinski definition) is 0. The molecule has 0 aliphatic carbocycles. The summed E-state index contributed by atoms with van der Waals surface area (Å²) in [7, 11) is 0. The molecule has 0 N–H and O–H groups in total. The highest BCUT2D eigenvalue weighted by molar-refractivity contribution is 5.80. The van der Waals surface area contributed by atoms with Crippen molar-refractivity contribution in [1.82, 2.24) is 5.32 Å². The Morgan fingerprint density at radius 3 is 2.20 bits per heavy atom. The largest absolute Gasteiger partial charge is 0.253 e. The van der Waals surface area contributed by atoms with E-state index < -0.39 is 0 Å². The molecule has 1 heteroatoms. The highest BCUT2D eigenvalue weighted by Gasteiger charge is 2.18. The Balaban J connectivity index is 1.63. The highest BCUT2D eigenvalue weighted by atomic mass is 14.9. The van der Waals surface area contributed by atoms with Crippen LogP contribution in [0.3, 0.4) is 0 Å². The predicted octanol–water partition coefficient (Wildman–Crippen LogP) is 6.20. The minimum atomic E-state index is 1.15. The van der Waals surface area contributed by atoms with Crippen molar-refractivity contribution < 1.29 is 0 Å². The Bertz CT molecular complexity index is 445. The average Bonchev–Trinajstić information content (AvgIpc) is 2.79. The molecule has 0 fully saturated rings. The number of rotatable bonds is 9. The summed E-state index contributed by atoms with van der Waals surface area (Å²) >= 11 is 0. The standard InChI is InChI=1S/C19H28N/c1-3-4-5-6-7-8-9-10-14-18-16(2)17-13-11-12-15-19(17)20-18/h11-13,15H,3-10,14H2,1-2H3. The van der Waals surface area contributed by atoms with E-state index in [4.69, 9.17) is 5.32 Å². The van der Waals surface area contributed by atoms with Crippen molar-refractivity contribution in [1.29, 1.82) is 0 Å². The molecule has 0 amide bonds. The summed E-state index contributed by atoms with van der Waals surface area (Å²) in [5.74, 6) is 0. The van der Waals surface area contributed by atoms with Gasteiger partial charge in [-0.3, -0.25) is 5.32 Å². The molecule has 2 rings (SSSR count). The van der Waals surface area contributed by atoms with E-state index in [-0.39, 0.29) is 0 Å². The molecule has 0 unspecified atom stereocenters. The highest BCUT2D eigenvalue weighted by Crippen LogP contribution is 2.35. The van der Waals surface area contributed by atoms with Crippen LogP contribution in [0.15, 0.2) is 30.0 Å². The van der Waals surface area contributed by atoms with Crippen molar-refractivity contribution >= 4 is 11.3 Å². The Morgan fingerprint density at radius 1 is 0.850 bits per heavy atom. The van der Waals surface area contributed by atoms with Gasteiger partial charge in [-0.1, -0.05) is 70.1 Å². The third-order valence-corrected chi connectivity index (χ3v) is 4.26. The van der Waals surface area contributed by atoms with Gasteiger partial charge in [-0.2, -0.15) is 0 Å². The number of nitrogens with zero attached hydrogens (tertiary/aromatic N) is 1. The fourth-order valence-electron chi connectivity index (χ4n) is 2.94. The molecule has 0 saturated heterocycles. The van der Waals surface area contributed by atoms with E-state index >= 15 is 0 Å². The summed E-state index contributed by atoms with van der Waals surface area (Å²) in [4.78, 5) is 0. The topological polar surface area (TPSA) is 14.1 Å². The minimum Gasteiger partial charge on any atom is -0.253 e. The quantitative estimate of drug-likeness (QED) is 0.474. The number of para-hydroxylation sites is 1. The van der Waals surface area contributed by atoms with Crippen LogP contribution >= 0.6 is 0 Å². The molecular weight excluding hydrogens is 242 g/mol. The van der Waals surface area contributed by atoms with E-state index in [2.05, 4.69) is 38.1 Å². The van der Waals surface area contributed by atoms with Gasteiger partial charge in [0, 0.05) is 11.3 Å². The molecule has 109 valence electrons. The van der Waals surface area contributed by atoms with E-state index in [1.54, 1.807) is 0 Å². The van der Waals surface area contributed by atoms with Gasteiger partial charge >= 0.3 is 0 Å². The molecular formula is C19H28N. The first-order chi connectivity index (χ1) is 9.83. The zero-order valence-electron chi connectivity index (χ0n) is 13.1. The zero-order valence-corrected chi connectivity index (χ0v) is 13.1. The van der Waals surface area contributed by atoms with Crippen molar-refractivity contribution in [3.05, 3.63) is 35.5 Å². The van der Waals surface area contributed by atoms with E-state index in [9.17, 15) is 0 Å². The average molecular weight is 270 g/mol. The molecule has 1 aliphatic heterocycles. The van der Waals surface area contributed by atoms with Crippen LogP contribution < -0.4 is 5.32 Å². The number of hydrogen-bond acceptors (Lipinski definition) is 0. The molecule has 1 radical (unpaired) electrons. The van der Waals surface area contributed by atoms with Gasteiger partial charge in [0.15, 0.2) is 0 Å². The summed E-state index contributed by atoms with van der Waals surface area (Å²) in [5.41, 5.74) is 5.21. The van der Waals surface area contributed by atoms with Crippen molar-refractivity contribution in [2.75, 3.05) is 0 Å². The molecule has 1 aromatic carbocycles. The van der Waals surface area contributed by atoms with Gasteiger partial charge in [-0.15, -0.1) is 0 Å². The van der Waals surface area contributed by atoms with Crippen LogP contribution in [0.1, 0.15) is 77.2 Å². The minimum absolute atomic E-state index is 1.15. The SMILES string of the molecule is CCCCCCCCCCC1=C(C)c2ccccc2[N]1. The van der Waals surface area contributed by atoms with Crippen LogP contribution in [0, 0.1) is 0 Å². The maximum atomic E-state index is 4.77. The monoisotopic (exact) mass is 270 g/mol. The van der Waals surface area contributed by atoms with E-state index in [0.717, 1.165) is 6.42 Å². The molecule has 1 aliphatic rings. The summed E-state index contributed by atoms with van der Waals surface area (Å²) in [6.45, 7) is 4.49. The van der Waals surface area contributed by atoms with Gasteiger partial charge in [0.1, 0.15) is 0 Å². The third-order valence-electron chi connectivity index (χ3n) is 4.26. The summed E-state index contributed by atoms with van der Waals surface area (Å²) in [5, 5.41) is 4.77. The number of unbranched alkanes of at least 4 members (excludes halogenated alkanes) is 7. The van der Waals surface area contributed by atoms with E-state index in [0.29, 0.717) is 0 Å². The number of benzene rings is 1. The first kappa shape index (κ1) is 15.2. The fraction of sp³-hybridized carbons (Fsp3) is 0.579. The lowest BCUT2D eigenvalue weighted by Crippen LogP contribution is -1.93. The van der Waals surface area contributed by atoms with Gasteiger partial charge in [-0.05, 0) is 31.4 Å². The lowest BCUT2D eigenvalue weighted by molar-refractivity contribution is 0.573. The Hall–Kier alpha value is -1.24. The van der Waals surface area contributed by atoms with Crippen molar-refractivity contribution in [3.8, 4) is 0 Å². The molecule has 1 nitrogen and oxygen atoms in total. The van der Waals surface area contributed by atoms with Gasteiger partial charge in [0.2, 0.25) is 0 Å². The second-order valence-electron chi connectivity index (χ2n) is 5.93. The van der Waals surface area contributed by atoms with Crippen LogP contribution in [0.5, 0.6) is 0 Å². The molecule has 0 saturated carbocycles. The lowest BCUT2D eigenvalue weighted by Gasteiger charge is -2.04. The van der Waals surface area contributed by atoms with Crippen molar-refractivity contribution in [3.63, 3.8) is 0 Å². The first-order valence-electron chi connectivity index (χ1n) is 8.34. The smallest absolute Gasteiger partial charge is 0.0708 e. The first-order valence-corrected chi connectivity index (χ1v) is 8.34. The molecule has 1 aromatic rings. The summed E-state index contributed by atoms with van der Waals surface area (Å²) in [6.07, 6.45) is 12.2. The van der Waals surface area contributed by atoms with E-state index in [1.165, 1.54) is 73.9 Å². The van der Waals surface area contributed by atoms with Crippen LogP contribution in [-0.4, -0.2) is 0 Å². The predicted molar refractivity (Wildman–Crippen MR) is 88.1 cm³/mol. The summed E-state index contributed by atoms with van der Waals surface area (Å²) < 4.78 is 0. The fourth-order valence-corrected chi connectivity index (χ4v) is 2.94. The number of fused-ring (bicyclic) bond motifs is 1. The molecule has 0 aromatic heterocycles. The van der Waals surface area contributed by atoms with Gasteiger partial charge in [0.25, 0.3) is 0 Å². The molecule has 0 bridgehead atoms. The number of allylic oxidation sites excluding steroid dienone is 2. The van der Waals surface area contributed by atoms with Gasteiger partial charge < -0.3 is 0 Å².